The van der Waals surface area contributed by atoms with E-state index in [1.807, 2.05) is 36.0 Å². The maximum atomic E-state index is 7.66. The zero-order valence-electron chi connectivity index (χ0n) is 14.3. The van der Waals surface area contributed by atoms with E-state index in [4.69, 9.17) is 4.11 Å². The maximum absolute atomic E-state index is 7.66. The molecular formula is C16H18N3+. The van der Waals surface area contributed by atoms with Gasteiger partial charge < -0.3 is 0 Å². The highest BCUT2D eigenvalue weighted by atomic mass is 15.1. The van der Waals surface area contributed by atoms with Gasteiger partial charge in [0, 0.05) is 28.7 Å². The topological polar surface area (TPSA) is 21.7 Å². The molecule has 0 radical (unpaired) electrons. The minimum absolute atomic E-state index is 0.333. The highest BCUT2D eigenvalue weighted by Crippen LogP contribution is 2.27. The van der Waals surface area contributed by atoms with Crippen LogP contribution in [-0.2, 0) is 14.1 Å². The van der Waals surface area contributed by atoms with Gasteiger partial charge >= 0.3 is 0 Å². The molecule has 0 unspecified atom stereocenters. The number of aryl methyl sites for hydroxylation is 3. The van der Waals surface area contributed by atoms with Crippen LogP contribution in [0.15, 0.2) is 36.8 Å². The van der Waals surface area contributed by atoms with Gasteiger partial charge in [-0.1, -0.05) is 6.07 Å². The van der Waals surface area contributed by atoms with E-state index < -0.39 is 6.85 Å². The van der Waals surface area contributed by atoms with Crippen LogP contribution in [0.3, 0.4) is 0 Å². The predicted molar refractivity (Wildman–Crippen MR) is 76.8 cm³/mol. The second-order valence-electron chi connectivity index (χ2n) is 4.84. The molecule has 2 heterocycles. The van der Waals surface area contributed by atoms with Gasteiger partial charge in [-0.3, -0.25) is 4.98 Å². The first-order valence-electron chi connectivity index (χ1n) is 7.70. The molecule has 0 N–H and O–H groups in total. The van der Waals surface area contributed by atoms with E-state index in [0.29, 0.717) is 5.69 Å². The van der Waals surface area contributed by atoms with Crippen molar-refractivity contribution in [1.29, 1.82) is 0 Å². The maximum Gasteiger partial charge on any atom is 0.288 e. The summed E-state index contributed by atoms with van der Waals surface area (Å²) in [4.78, 5) is 4.14. The Kier molecular flexibility index (Phi) is 1.96. The molecule has 3 aromatic rings. The Morgan fingerprint density at radius 3 is 2.89 bits per heavy atom. The van der Waals surface area contributed by atoms with E-state index in [9.17, 15) is 0 Å². The summed E-state index contributed by atoms with van der Waals surface area (Å²) < 4.78 is 26.6. The highest BCUT2D eigenvalue weighted by molar-refractivity contribution is 5.89. The van der Waals surface area contributed by atoms with E-state index in [1.54, 1.807) is 24.0 Å². The Bertz CT molecular complexity index is 863. The lowest BCUT2D eigenvalue weighted by Crippen LogP contribution is -2.29. The molecule has 19 heavy (non-hydrogen) atoms. The molecule has 0 bridgehead atoms. The Hall–Kier alpha value is -2.16. The fraction of sp³-hybridized carbons (Fsp3) is 0.250. The Labute approximate surface area is 117 Å². The van der Waals surface area contributed by atoms with Crippen LogP contribution in [0.5, 0.6) is 0 Å². The number of rotatable bonds is 1. The number of fused-ring (bicyclic) bond motifs is 1. The van der Waals surface area contributed by atoms with Crippen LogP contribution < -0.4 is 4.57 Å². The van der Waals surface area contributed by atoms with Crippen molar-refractivity contribution in [3.8, 4) is 11.4 Å². The van der Waals surface area contributed by atoms with Gasteiger partial charge in [-0.05, 0) is 30.0 Å². The minimum atomic E-state index is -2.13. The summed E-state index contributed by atoms with van der Waals surface area (Å²) in [6.07, 6.45) is 5.29. The molecule has 2 aromatic heterocycles. The van der Waals surface area contributed by atoms with Crippen LogP contribution in [0.2, 0.25) is 0 Å². The summed E-state index contributed by atoms with van der Waals surface area (Å²) in [5, 5.41) is 2.21. The van der Waals surface area contributed by atoms with Gasteiger partial charge in [0.05, 0.1) is 19.7 Å². The summed E-state index contributed by atoms with van der Waals surface area (Å²) in [5.41, 5.74) is 2.48. The molecule has 3 nitrogen and oxygen atoms in total. The monoisotopic (exact) mass is 255 g/mol. The molecule has 0 fully saturated rings. The highest BCUT2D eigenvalue weighted by Gasteiger charge is 2.20. The zero-order valence-corrected chi connectivity index (χ0v) is 11.3. The van der Waals surface area contributed by atoms with Crippen molar-refractivity contribution in [3.05, 3.63) is 48.0 Å². The molecule has 3 rings (SSSR count). The molecule has 0 aliphatic carbocycles. The number of imidazole rings is 1. The third-order valence-electron chi connectivity index (χ3n) is 3.66. The van der Waals surface area contributed by atoms with Crippen molar-refractivity contribution in [1.82, 2.24) is 9.55 Å². The Morgan fingerprint density at radius 2 is 2.16 bits per heavy atom. The minimum Gasteiger partial charge on any atom is -0.264 e. The summed E-state index contributed by atoms with van der Waals surface area (Å²) in [6.45, 7) is -0.0703. The molecule has 0 amide bonds. The molecular weight excluding hydrogens is 234 g/mol. The Balaban J connectivity index is 2.29. The molecule has 3 heteroatoms. The predicted octanol–water partition coefficient (Wildman–Crippen LogP) is 2.68. The molecule has 0 spiro atoms. The Morgan fingerprint density at radius 1 is 1.32 bits per heavy atom. The number of pyridine rings is 1. The first-order valence-corrected chi connectivity index (χ1v) is 6.20. The number of aromatic nitrogens is 3. The summed E-state index contributed by atoms with van der Waals surface area (Å²) in [6, 6.07) is 6.03. The van der Waals surface area contributed by atoms with Crippen molar-refractivity contribution in [2.24, 2.45) is 14.1 Å². The summed E-state index contributed by atoms with van der Waals surface area (Å²) >= 11 is 0. The average molecular weight is 255 g/mol. The van der Waals surface area contributed by atoms with Crippen LogP contribution in [0.25, 0.3) is 22.2 Å². The van der Waals surface area contributed by atoms with Crippen LogP contribution in [0.1, 0.15) is 15.4 Å². The zero-order chi connectivity index (χ0) is 16.1. The van der Waals surface area contributed by atoms with E-state index in [0.717, 1.165) is 27.7 Å². The van der Waals surface area contributed by atoms with Crippen LogP contribution in [-0.4, -0.2) is 9.55 Å². The van der Waals surface area contributed by atoms with Gasteiger partial charge in [0.25, 0.3) is 5.82 Å². The first-order chi connectivity index (χ1) is 10.3. The third-order valence-corrected chi connectivity index (χ3v) is 3.66. The number of nitrogens with zero attached hydrogens (tertiary/aromatic N) is 3. The first kappa shape index (κ1) is 8.86. The van der Waals surface area contributed by atoms with Gasteiger partial charge in [-0.25, -0.2) is 9.13 Å². The van der Waals surface area contributed by atoms with Crippen LogP contribution >= 0.6 is 0 Å². The second kappa shape index (κ2) is 4.19. The standard InChI is InChI=1S/C16H18N3/c1-11-10-18(3)16(19(11)4)15-6-5-13-9-17-8-7-14(13)12(15)2/h5-10H,1-4H3/q+1/i1D3. The second-order valence-corrected chi connectivity index (χ2v) is 4.84. The van der Waals surface area contributed by atoms with Crippen molar-refractivity contribution >= 4 is 10.8 Å². The lowest BCUT2D eigenvalue weighted by Gasteiger charge is -2.07. The lowest BCUT2D eigenvalue weighted by molar-refractivity contribution is -0.659. The largest absolute Gasteiger partial charge is 0.288 e. The van der Waals surface area contributed by atoms with Gasteiger partial charge in [0.2, 0.25) is 0 Å². The molecule has 0 saturated heterocycles. The molecule has 0 saturated carbocycles. The van der Waals surface area contributed by atoms with E-state index in [2.05, 4.69) is 11.9 Å². The number of hydrogen-bond acceptors (Lipinski definition) is 1. The third kappa shape index (κ3) is 1.73. The van der Waals surface area contributed by atoms with E-state index in [-0.39, 0.29) is 0 Å². The van der Waals surface area contributed by atoms with E-state index in [1.165, 1.54) is 0 Å². The fourth-order valence-electron chi connectivity index (χ4n) is 2.62. The van der Waals surface area contributed by atoms with Gasteiger partial charge in [-0.2, -0.15) is 0 Å². The fourth-order valence-corrected chi connectivity index (χ4v) is 2.62. The quantitative estimate of drug-likeness (QED) is 0.613. The normalized spacial score (nSPS) is 14.2. The molecule has 0 aliphatic rings. The smallest absolute Gasteiger partial charge is 0.264 e. The number of benzene rings is 1. The van der Waals surface area contributed by atoms with Crippen molar-refractivity contribution < 1.29 is 8.68 Å². The summed E-state index contributed by atoms with van der Waals surface area (Å²) in [5.74, 6) is 0.877. The van der Waals surface area contributed by atoms with Gasteiger partial charge in [0.1, 0.15) is 11.9 Å². The molecule has 0 atom stereocenters. The SMILES string of the molecule is [2H]C([2H])([2H])c1c[n+](C)c(-c2ccc3cnccc3c2C)n1C. The van der Waals surface area contributed by atoms with Crippen molar-refractivity contribution in [2.45, 2.75) is 13.8 Å². The number of hydrogen-bond donors (Lipinski definition) is 0. The van der Waals surface area contributed by atoms with Crippen LogP contribution in [0, 0.1) is 13.8 Å². The summed E-state index contributed by atoms with van der Waals surface area (Å²) in [7, 11) is 3.67. The average Bonchev–Trinajstić information content (AvgIpc) is 2.75. The van der Waals surface area contributed by atoms with Crippen LogP contribution in [0.4, 0.5) is 0 Å². The van der Waals surface area contributed by atoms with Gasteiger partial charge in [0.15, 0.2) is 0 Å². The molecule has 0 aliphatic heterocycles. The van der Waals surface area contributed by atoms with Crippen molar-refractivity contribution in [2.75, 3.05) is 0 Å². The van der Waals surface area contributed by atoms with Crippen molar-refractivity contribution in [3.63, 3.8) is 0 Å². The lowest BCUT2D eigenvalue weighted by atomic mass is 10.0. The molecule has 96 valence electrons. The van der Waals surface area contributed by atoms with Gasteiger partial charge in [-0.15, -0.1) is 0 Å². The van der Waals surface area contributed by atoms with E-state index >= 15 is 0 Å². The molecule has 1 aromatic carbocycles.